The van der Waals surface area contributed by atoms with Crippen LogP contribution in [0.1, 0.15) is 43.4 Å². The summed E-state index contributed by atoms with van der Waals surface area (Å²) in [7, 11) is 0. The molecule has 32 heavy (non-hydrogen) atoms. The number of phenolic OH excluding ortho intramolecular Hbond substituents is 1. The molecule has 3 aromatic carbocycles. The summed E-state index contributed by atoms with van der Waals surface area (Å²) in [6, 6.07) is 18.6. The zero-order chi connectivity index (χ0) is 22.3. The van der Waals surface area contributed by atoms with Crippen LogP contribution in [0.3, 0.4) is 0 Å². The van der Waals surface area contributed by atoms with Gasteiger partial charge in [0, 0.05) is 11.1 Å². The lowest BCUT2D eigenvalue weighted by atomic mass is 10.0. The average Bonchev–Trinajstić information content (AvgIpc) is 3.31. The summed E-state index contributed by atoms with van der Waals surface area (Å²) in [6.45, 7) is 2.80. The van der Waals surface area contributed by atoms with Gasteiger partial charge in [-0.2, -0.15) is 5.10 Å². The number of nitrogens with one attached hydrogen (secondary N) is 3. The number of ether oxygens (including phenoxy) is 1. The van der Waals surface area contributed by atoms with Crippen LogP contribution in [0.5, 0.6) is 11.5 Å². The summed E-state index contributed by atoms with van der Waals surface area (Å²) in [4.78, 5) is 12.6. The van der Waals surface area contributed by atoms with Crippen LogP contribution in [-0.4, -0.2) is 29.9 Å². The van der Waals surface area contributed by atoms with Crippen molar-refractivity contribution in [3.63, 3.8) is 0 Å². The van der Waals surface area contributed by atoms with Crippen LogP contribution in [0, 0.1) is 0 Å². The van der Waals surface area contributed by atoms with Gasteiger partial charge in [-0.15, -0.1) is 0 Å². The smallest absolute Gasteiger partial charge is 0.258 e. The Bertz CT molecular complexity index is 1120. The van der Waals surface area contributed by atoms with E-state index < -0.39 is 6.04 Å². The number of hydrazine groups is 1. The van der Waals surface area contributed by atoms with Crippen LogP contribution in [-0.2, 0) is 4.79 Å². The molecule has 166 valence electrons. The molecule has 1 aliphatic rings. The van der Waals surface area contributed by atoms with E-state index in [1.54, 1.807) is 6.07 Å². The standard InChI is InChI=1S/C25H28N4O3/c1-2-3-14-32-24-11-7-6-10-19(24)21-15-22(28-27-21)25(31)29-26-16-20-18-9-5-4-8-17(18)12-13-23(20)30/h4-13,16,21-22,27-28,30H,2-3,14-15H2,1H3,(H,29,31)/b26-16+. The minimum atomic E-state index is -0.443. The maximum absolute atomic E-state index is 12.6. The van der Waals surface area contributed by atoms with Gasteiger partial charge in [-0.25, -0.2) is 16.3 Å². The minimum absolute atomic E-state index is 0.0466. The van der Waals surface area contributed by atoms with Gasteiger partial charge in [0.25, 0.3) is 5.91 Å². The van der Waals surface area contributed by atoms with Gasteiger partial charge in [0.1, 0.15) is 17.5 Å². The number of unbranched alkanes of at least 4 members (excludes halogenated alkanes) is 1. The van der Waals surface area contributed by atoms with Crippen LogP contribution in [0.15, 0.2) is 65.8 Å². The Morgan fingerprint density at radius 3 is 2.84 bits per heavy atom. The number of para-hydroxylation sites is 1. The van der Waals surface area contributed by atoms with E-state index in [-0.39, 0.29) is 17.7 Å². The Kier molecular flexibility index (Phi) is 6.99. The molecule has 0 spiro atoms. The number of fused-ring (bicyclic) bond motifs is 1. The van der Waals surface area contributed by atoms with E-state index in [4.69, 9.17) is 4.74 Å². The first kappa shape index (κ1) is 21.8. The number of nitrogens with zero attached hydrogens (tertiary/aromatic N) is 1. The fourth-order valence-corrected chi connectivity index (χ4v) is 3.82. The first-order chi connectivity index (χ1) is 15.7. The molecule has 4 N–H and O–H groups in total. The quantitative estimate of drug-likeness (QED) is 0.247. The molecule has 1 heterocycles. The van der Waals surface area contributed by atoms with Gasteiger partial charge in [-0.3, -0.25) is 4.79 Å². The summed E-state index contributed by atoms with van der Waals surface area (Å²) in [5.41, 5.74) is 10.4. The second-order valence-corrected chi connectivity index (χ2v) is 7.82. The molecular formula is C25H28N4O3. The Morgan fingerprint density at radius 1 is 1.16 bits per heavy atom. The van der Waals surface area contributed by atoms with E-state index in [0.717, 1.165) is 34.9 Å². The number of carbonyl (C=O) groups is 1. The maximum atomic E-state index is 12.6. The third-order valence-electron chi connectivity index (χ3n) is 5.59. The molecular weight excluding hydrogens is 404 g/mol. The van der Waals surface area contributed by atoms with Gasteiger partial charge in [0.15, 0.2) is 0 Å². The van der Waals surface area contributed by atoms with Crippen molar-refractivity contribution in [3.05, 3.63) is 71.8 Å². The second kappa shape index (κ2) is 10.3. The predicted molar refractivity (Wildman–Crippen MR) is 126 cm³/mol. The SMILES string of the molecule is CCCCOc1ccccc1C1CC(C(=O)N/N=C/c2c(O)ccc3ccccc23)NN1. The number of carbonyl (C=O) groups excluding carboxylic acids is 1. The zero-order valence-electron chi connectivity index (χ0n) is 18.0. The van der Waals surface area contributed by atoms with Gasteiger partial charge in [0.05, 0.1) is 18.9 Å². The van der Waals surface area contributed by atoms with Crippen LogP contribution in [0.2, 0.25) is 0 Å². The van der Waals surface area contributed by atoms with Crippen molar-refractivity contribution < 1.29 is 14.6 Å². The molecule has 0 aliphatic carbocycles. The molecule has 0 aromatic heterocycles. The summed E-state index contributed by atoms with van der Waals surface area (Å²) >= 11 is 0. The highest BCUT2D eigenvalue weighted by Crippen LogP contribution is 2.30. The average molecular weight is 433 g/mol. The van der Waals surface area contributed by atoms with Crippen molar-refractivity contribution in [2.75, 3.05) is 6.61 Å². The molecule has 4 rings (SSSR count). The molecule has 0 saturated carbocycles. The number of aromatic hydroxyl groups is 1. The molecule has 2 unspecified atom stereocenters. The predicted octanol–water partition coefficient (Wildman–Crippen LogP) is 3.78. The zero-order valence-corrected chi connectivity index (χ0v) is 18.0. The van der Waals surface area contributed by atoms with Crippen molar-refractivity contribution in [1.29, 1.82) is 0 Å². The van der Waals surface area contributed by atoms with Crippen molar-refractivity contribution in [2.45, 2.75) is 38.3 Å². The highest BCUT2D eigenvalue weighted by atomic mass is 16.5. The molecule has 7 heteroatoms. The van der Waals surface area contributed by atoms with Crippen LogP contribution < -0.4 is 21.0 Å². The summed E-state index contributed by atoms with van der Waals surface area (Å²) < 4.78 is 5.93. The molecule has 3 aromatic rings. The number of hydrazone groups is 1. The molecule has 0 bridgehead atoms. The van der Waals surface area contributed by atoms with Gasteiger partial charge < -0.3 is 9.84 Å². The fraction of sp³-hybridized carbons (Fsp3) is 0.280. The number of rotatable bonds is 8. The Hall–Kier alpha value is -3.42. The van der Waals surface area contributed by atoms with Crippen molar-refractivity contribution in [2.24, 2.45) is 5.10 Å². The van der Waals surface area contributed by atoms with E-state index in [1.165, 1.54) is 6.21 Å². The largest absolute Gasteiger partial charge is 0.507 e. The first-order valence-corrected chi connectivity index (χ1v) is 10.9. The van der Waals surface area contributed by atoms with E-state index in [2.05, 4.69) is 28.3 Å². The highest BCUT2D eigenvalue weighted by molar-refractivity contribution is 6.02. The lowest BCUT2D eigenvalue weighted by Gasteiger charge is -2.15. The monoisotopic (exact) mass is 432 g/mol. The van der Waals surface area contributed by atoms with E-state index in [0.29, 0.717) is 18.6 Å². The number of amides is 1. The molecule has 1 amide bonds. The lowest BCUT2D eigenvalue weighted by molar-refractivity contribution is -0.122. The Morgan fingerprint density at radius 2 is 1.97 bits per heavy atom. The highest BCUT2D eigenvalue weighted by Gasteiger charge is 2.31. The normalized spacial score (nSPS) is 18.3. The Balaban J connectivity index is 1.39. The molecule has 1 saturated heterocycles. The van der Waals surface area contributed by atoms with E-state index in [1.807, 2.05) is 54.6 Å². The molecule has 0 radical (unpaired) electrons. The van der Waals surface area contributed by atoms with Crippen molar-refractivity contribution in [3.8, 4) is 11.5 Å². The second-order valence-electron chi connectivity index (χ2n) is 7.82. The van der Waals surface area contributed by atoms with E-state index >= 15 is 0 Å². The van der Waals surface area contributed by atoms with Gasteiger partial charge in [-0.05, 0) is 35.7 Å². The first-order valence-electron chi connectivity index (χ1n) is 10.9. The lowest BCUT2D eigenvalue weighted by Crippen LogP contribution is -2.41. The third-order valence-corrected chi connectivity index (χ3v) is 5.59. The van der Waals surface area contributed by atoms with Crippen molar-refractivity contribution >= 4 is 22.9 Å². The summed E-state index contributed by atoms with van der Waals surface area (Å²) in [6.07, 6.45) is 4.12. The molecule has 1 fully saturated rings. The van der Waals surface area contributed by atoms with Crippen LogP contribution >= 0.6 is 0 Å². The maximum Gasteiger partial charge on any atom is 0.258 e. The van der Waals surface area contributed by atoms with Gasteiger partial charge >= 0.3 is 0 Å². The summed E-state index contributed by atoms with van der Waals surface area (Å²) in [5, 5.41) is 16.2. The van der Waals surface area contributed by atoms with Gasteiger partial charge in [-0.1, -0.05) is 61.9 Å². The topological polar surface area (TPSA) is 95.0 Å². The molecule has 2 atom stereocenters. The summed E-state index contributed by atoms with van der Waals surface area (Å²) in [5.74, 6) is 0.702. The van der Waals surface area contributed by atoms with Crippen LogP contribution in [0.4, 0.5) is 0 Å². The fourth-order valence-electron chi connectivity index (χ4n) is 3.82. The Labute approximate surface area is 187 Å². The number of hydrogen-bond acceptors (Lipinski definition) is 6. The van der Waals surface area contributed by atoms with E-state index in [9.17, 15) is 9.90 Å². The molecule has 7 nitrogen and oxygen atoms in total. The number of phenols is 1. The number of hydrogen-bond donors (Lipinski definition) is 4. The third kappa shape index (κ3) is 4.90. The minimum Gasteiger partial charge on any atom is -0.507 e. The van der Waals surface area contributed by atoms with Crippen molar-refractivity contribution in [1.82, 2.24) is 16.3 Å². The molecule has 1 aliphatic heterocycles. The van der Waals surface area contributed by atoms with Crippen LogP contribution in [0.25, 0.3) is 10.8 Å². The van der Waals surface area contributed by atoms with Gasteiger partial charge in [0.2, 0.25) is 0 Å². The number of benzene rings is 3.